The van der Waals surface area contributed by atoms with Crippen molar-refractivity contribution in [3.63, 3.8) is 0 Å². The largest absolute Gasteiger partial charge is 0.524 e. The van der Waals surface area contributed by atoms with Crippen LogP contribution < -0.4 is 10.3 Å². The standard InChI is InChI=1S/C24H26N5O4PS/c1-3-4-5-21-28-22-23(18-8-6-16(12-26-14-35)11-19(18)27-24(22)25)29(21)13-17-7-9-20(15(2)10-17)33-34(30,31)32/h6-11H,3-5,12-13H2,1-2H3,(H2,25,27)(H2,30,31,32). The van der Waals surface area contributed by atoms with Gasteiger partial charge in [0.05, 0.1) is 22.7 Å². The molecule has 4 rings (SSSR count). The van der Waals surface area contributed by atoms with Crippen molar-refractivity contribution >= 4 is 53.0 Å². The molecule has 0 bridgehead atoms. The van der Waals surface area contributed by atoms with Crippen LogP contribution in [0.25, 0.3) is 21.9 Å². The summed E-state index contributed by atoms with van der Waals surface area (Å²) < 4.78 is 18.2. The van der Waals surface area contributed by atoms with Crippen LogP contribution in [0.2, 0.25) is 0 Å². The lowest BCUT2D eigenvalue weighted by Crippen LogP contribution is -2.06. The fourth-order valence-corrected chi connectivity index (χ4v) is 4.67. The molecule has 2 heterocycles. The van der Waals surface area contributed by atoms with Gasteiger partial charge in [-0.1, -0.05) is 37.6 Å². The molecule has 0 fully saturated rings. The Balaban J connectivity index is 1.85. The lowest BCUT2D eigenvalue weighted by Gasteiger charge is -2.14. The van der Waals surface area contributed by atoms with Crippen LogP contribution in [0.5, 0.6) is 5.75 Å². The Labute approximate surface area is 207 Å². The maximum absolute atomic E-state index is 11.3. The van der Waals surface area contributed by atoms with Gasteiger partial charge in [0.2, 0.25) is 0 Å². The zero-order valence-corrected chi connectivity index (χ0v) is 21.1. The second kappa shape index (κ2) is 10.2. The van der Waals surface area contributed by atoms with E-state index in [1.54, 1.807) is 19.1 Å². The maximum Gasteiger partial charge on any atom is 0.524 e. The molecule has 9 nitrogen and oxygen atoms in total. The molecule has 0 saturated carbocycles. The smallest absolute Gasteiger partial charge is 0.404 e. The van der Waals surface area contributed by atoms with E-state index < -0.39 is 7.82 Å². The first-order valence-electron chi connectivity index (χ1n) is 11.2. The van der Waals surface area contributed by atoms with Gasteiger partial charge in [-0.2, -0.15) is 0 Å². The Hall–Kier alpha value is -3.13. The number of rotatable bonds is 9. The number of phosphoric ester groups is 1. The molecule has 0 aliphatic rings. The van der Waals surface area contributed by atoms with Crippen LogP contribution in [0.4, 0.5) is 5.82 Å². The third-order valence-electron chi connectivity index (χ3n) is 5.72. The highest BCUT2D eigenvalue weighted by atomic mass is 32.1. The van der Waals surface area contributed by atoms with E-state index in [-0.39, 0.29) is 5.75 Å². The number of benzene rings is 2. The van der Waals surface area contributed by atoms with Crippen molar-refractivity contribution in [1.82, 2.24) is 14.5 Å². The van der Waals surface area contributed by atoms with E-state index in [1.807, 2.05) is 24.3 Å². The molecule has 0 aliphatic heterocycles. The first kappa shape index (κ1) is 25.0. The summed E-state index contributed by atoms with van der Waals surface area (Å²) in [6, 6.07) is 11.2. The Bertz CT molecular complexity index is 1510. The molecule has 0 amide bonds. The second-order valence-corrected chi connectivity index (χ2v) is 9.70. The minimum absolute atomic E-state index is 0.147. The number of anilines is 1. The number of isothiocyanates is 1. The number of pyridine rings is 1. The van der Waals surface area contributed by atoms with Gasteiger partial charge in [0.15, 0.2) is 5.82 Å². The molecule has 0 aliphatic carbocycles. The Morgan fingerprint density at radius 3 is 2.66 bits per heavy atom. The lowest BCUT2D eigenvalue weighted by atomic mass is 10.1. The number of aryl methyl sites for hydroxylation is 2. The molecule has 2 aromatic heterocycles. The zero-order valence-electron chi connectivity index (χ0n) is 19.4. The van der Waals surface area contributed by atoms with Gasteiger partial charge < -0.3 is 14.8 Å². The molecule has 182 valence electrons. The predicted molar refractivity (Wildman–Crippen MR) is 140 cm³/mol. The molecular formula is C24H26N5O4PS. The van der Waals surface area contributed by atoms with E-state index in [9.17, 15) is 4.57 Å². The van der Waals surface area contributed by atoms with Crippen molar-refractivity contribution in [2.24, 2.45) is 4.99 Å². The van der Waals surface area contributed by atoms with E-state index in [0.29, 0.717) is 30.0 Å². The van der Waals surface area contributed by atoms with Gasteiger partial charge >= 0.3 is 7.82 Å². The van der Waals surface area contributed by atoms with E-state index in [2.05, 4.69) is 38.8 Å². The normalized spacial score (nSPS) is 11.7. The number of fused-ring (bicyclic) bond motifs is 3. The lowest BCUT2D eigenvalue weighted by molar-refractivity contribution is 0.282. The minimum atomic E-state index is -4.64. The van der Waals surface area contributed by atoms with Crippen LogP contribution in [-0.2, 0) is 24.1 Å². The summed E-state index contributed by atoms with van der Waals surface area (Å²) >= 11 is 4.68. The monoisotopic (exact) mass is 511 g/mol. The van der Waals surface area contributed by atoms with Crippen LogP contribution in [0.1, 0.15) is 42.3 Å². The quantitative estimate of drug-likeness (QED) is 0.163. The average molecular weight is 512 g/mol. The number of phosphoric acid groups is 1. The summed E-state index contributed by atoms with van der Waals surface area (Å²) in [6.07, 6.45) is 2.78. The van der Waals surface area contributed by atoms with Gasteiger partial charge in [-0.15, -0.1) is 0 Å². The van der Waals surface area contributed by atoms with Gasteiger partial charge in [0.1, 0.15) is 17.1 Å². The van der Waals surface area contributed by atoms with Crippen molar-refractivity contribution < 1.29 is 18.9 Å². The number of hydrogen-bond acceptors (Lipinski definition) is 7. The average Bonchev–Trinajstić information content (AvgIpc) is 3.16. The number of aromatic nitrogens is 3. The fraction of sp³-hybridized carbons (Fsp3) is 0.292. The topological polar surface area (TPSA) is 136 Å². The van der Waals surface area contributed by atoms with Gasteiger partial charge in [0, 0.05) is 18.4 Å². The molecule has 0 atom stereocenters. The van der Waals surface area contributed by atoms with Crippen molar-refractivity contribution in [2.75, 3.05) is 5.73 Å². The number of unbranched alkanes of at least 4 members (excludes halogenated alkanes) is 1. The van der Waals surface area contributed by atoms with Gasteiger partial charge in [-0.3, -0.25) is 9.79 Å². The number of aliphatic imine (C=N–C) groups is 1. The number of imidazole rings is 1. The summed E-state index contributed by atoms with van der Waals surface area (Å²) in [5.74, 6) is 1.42. The Kier molecular flexibility index (Phi) is 7.31. The molecule has 4 aromatic rings. The van der Waals surface area contributed by atoms with Crippen molar-refractivity contribution in [2.45, 2.75) is 46.2 Å². The van der Waals surface area contributed by atoms with Crippen LogP contribution in [0.3, 0.4) is 0 Å². The number of thiocarbonyl (C=S) groups is 1. The summed E-state index contributed by atoms with van der Waals surface area (Å²) in [5, 5.41) is 3.31. The van der Waals surface area contributed by atoms with Crippen LogP contribution >= 0.6 is 20.0 Å². The molecule has 0 spiro atoms. The third kappa shape index (κ3) is 5.59. The number of nitrogens with zero attached hydrogens (tertiary/aromatic N) is 4. The van der Waals surface area contributed by atoms with E-state index in [4.69, 9.17) is 25.0 Å². The fourth-order valence-electron chi connectivity index (χ4n) is 4.14. The molecule has 35 heavy (non-hydrogen) atoms. The third-order valence-corrected chi connectivity index (χ3v) is 6.29. The summed E-state index contributed by atoms with van der Waals surface area (Å²) in [4.78, 5) is 31.8. The molecule has 11 heteroatoms. The number of hydrogen-bond donors (Lipinski definition) is 3. The van der Waals surface area contributed by atoms with Gasteiger partial charge in [-0.05, 0) is 54.4 Å². The highest BCUT2D eigenvalue weighted by molar-refractivity contribution is 7.78. The first-order valence-corrected chi connectivity index (χ1v) is 13.1. The van der Waals surface area contributed by atoms with Crippen LogP contribution in [0, 0.1) is 6.92 Å². The van der Waals surface area contributed by atoms with Crippen molar-refractivity contribution in [3.05, 3.63) is 58.9 Å². The van der Waals surface area contributed by atoms with Crippen LogP contribution in [-0.4, -0.2) is 29.5 Å². The van der Waals surface area contributed by atoms with Gasteiger partial charge in [-0.25, -0.2) is 19.5 Å². The summed E-state index contributed by atoms with van der Waals surface area (Å²) in [7, 11) is -4.64. The van der Waals surface area contributed by atoms with E-state index in [0.717, 1.165) is 52.6 Å². The second-order valence-electron chi connectivity index (χ2n) is 8.35. The van der Waals surface area contributed by atoms with Gasteiger partial charge in [0.25, 0.3) is 0 Å². The molecule has 0 saturated heterocycles. The number of nitrogens with two attached hydrogens (primary N) is 1. The molecule has 4 N–H and O–H groups in total. The zero-order chi connectivity index (χ0) is 25.2. The van der Waals surface area contributed by atoms with E-state index >= 15 is 0 Å². The van der Waals surface area contributed by atoms with Crippen molar-refractivity contribution in [1.29, 1.82) is 0 Å². The summed E-state index contributed by atoms with van der Waals surface area (Å²) in [6.45, 7) is 4.80. The van der Waals surface area contributed by atoms with E-state index in [1.165, 1.54) is 0 Å². The highest BCUT2D eigenvalue weighted by Gasteiger charge is 2.20. The molecule has 0 unspecified atom stereocenters. The molecule has 2 aromatic carbocycles. The molecule has 0 radical (unpaired) electrons. The maximum atomic E-state index is 11.3. The SMILES string of the molecule is CCCCc1nc2c(N)nc3cc(CN=C=S)ccc3c2n1Cc1ccc(OP(=O)(O)O)c(C)c1. The predicted octanol–water partition coefficient (Wildman–Crippen LogP) is 4.94. The highest BCUT2D eigenvalue weighted by Crippen LogP contribution is 2.39. The molecular weight excluding hydrogens is 485 g/mol. The summed E-state index contributed by atoms with van der Waals surface area (Å²) in [5.41, 5.74) is 11.2. The Morgan fingerprint density at radius 2 is 1.97 bits per heavy atom. The van der Waals surface area contributed by atoms with Crippen molar-refractivity contribution in [3.8, 4) is 5.75 Å². The first-order chi connectivity index (χ1) is 16.7. The Morgan fingerprint density at radius 1 is 1.20 bits per heavy atom. The van der Waals surface area contributed by atoms with Crippen LogP contribution in [0.15, 0.2) is 41.4 Å². The minimum Gasteiger partial charge on any atom is -0.404 e. The number of nitrogen functional groups attached to an aromatic ring is 1.